The Morgan fingerprint density at radius 3 is 2.93 bits per heavy atom. The van der Waals surface area contributed by atoms with E-state index in [9.17, 15) is 0 Å². The number of rotatable bonds is 6. The van der Waals surface area contributed by atoms with Crippen molar-refractivity contribution in [3.63, 3.8) is 0 Å². The molecule has 0 aromatic carbocycles. The van der Waals surface area contributed by atoms with Gasteiger partial charge in [-0.25, -0.2) is 0 Å². The van der Waals surface area contributed by atoms with Crippen molar-refractivity contribution in [2.24, 2.45) is 7.05 Å². The zero-order valence-electron chi connectivity index (χ0n) is 9.21. The van der Waals surface area contributed by atoms with Crippen LogP contribution in [-0.2, 0) is 13.6 Å². The fourth-order valence-electron chi connectivity index (χ4n) is 1.39. The second-order valence-electron chi connectivity index (χ2n) is 3.44. The summed E-state index contributed by atoms with van der Waals surface area (Å²) in [5, 5.41) is 7.72. The molecule has 1 rings (SSSR count). The molecular formula is C10H19N3S. The lowest BCUT2D eigenvalue weighted by Crippen LogP contribution is -2.15. The maximum absolute atomic E-state index is 4.30. The van der Waals surface area contributed by atoms with E-state index < -0.39 is 0 Å². The fraction of sp³-hybridized carbons (Fsp3) is 0.700. The quantitative estimate of drug-likeness (QED) is 0.728. The predicted molar refractivity (Wildman–Crippen MR) is 62.7 cm³/mol. The minimum atomic E-state index is 0.939. The molecule has 1 heterocycles. The van der Waals surface area contributed by atoms with Gasteiger partial charge in [-0.1, -0.05) is 0 Å². The van der Waals surface area contributed by atoms with E-state index in [1.165, 1.54) is 17.7 Å². The Kier molecular flexibility index (Phi) is 5.04. The van der Waals surface area contributed by atoms with E-state index in [-0.39, 0.29) is 0 Å². The van der Waals surface area contributed by atoms with Gasteiger partial charge in [-0.05, 0) is 31.9 Å². The SMILES string of the molecule is CSCCCNCc1cn(C)nc1C. The van der Waals surface area contributed by atoms with Gasteiger partial charge in [0.15, 0.2) is 0 Å². The molecule has 0 atom stereocenters. The monoisotopic (exact) mass is 213 g/mol. The van der Waals surface area contributed by atoms with Crippen molar-refractivity contribution in [1.29, 1.82) is 0 Å². The smallest absolute Gasteiger partial charge is 0.0638 e. The lowest BCUT2D eigenvalue weighted by atomic mass is 10.2. The normalized spacial score (nSPS) is 10.8. The van der Waals surface area contributed by atoms with Crippen molar-refractivity contribution in [3.8, 4) is 0 Å². The number of aromatic nitrogens is 2. The molecule has 0 radical (unpaired) electrons. The summed E-state index contributed by atoms with van der Waals surface area (Å²) in [6.07, 6.45) is 5.46. The van der Waals surface area contributed by atoms with Crippen LogP contribution in [0.3, 0.4) is 0 Å². The van der Waals surface area contributed by atoms with Crippen LogP contribution in [0.25, 0.3) is 0 Å². The minimum Gasteiger partial charge on any atom is -0.313 e. The van der Waals surface area contributed by atoms with Crippen LogP contribution >= 0.6 is 11.8 Å². The number of thioether (sulfide) groups is 1. The molecule has 14 heavy (non-hydrogen) atoms. The second-order valence-corrected chi connectivity index (χ2v) is 4.42. The molecule has 0 fully saturated rings. The van der Waals surface area contributed by atoms with E-state index in [2.05, 4.69) is 29.8 Å². The summed E-state index contributed by atoms with van der Waals surface area (Å²) in [5.41, 5.74) is 2.43. The molecule has 0 saturated heterocycles. The van der Waals surface area contributed by atoms with Crippen molar-refractivity contribution in [3.05, 3.63) is 17.5 Å². The van der Waals surface area contributed by atoms with Gasteiger partial charge in [0.05, 0.1) is 5.69 Å². The third-order valence-corrected chi connectivity index (χ3v) is 2.83. The van der Waals surface area contributed by atoms with E-state index in [1.807, 2.05) is 23.5 Å². The molecule has 0 spiro atoms. The molecule has 0 aliphatic carbocycles. The first-order valence-corrected chi connectivity index (χ1v) is 6.32. The van der Waals surface area contributed by atoms with Crippen LogP contribution in [0, 0.1) is 6.92 Å². The van der Waals surface area contributed by atoms with Gasteiger partial charge in [-0.3, -0.25) is 4.68 Å². The van der Waals surface area contributed by atoms with Gasteiger partial charge in [0.1, 0.15) is 0 Å². The van der Waals surface area contributed by atoms with Crippen molar-refractivity contribution in [2.75, 3.05) is 18.6 Å². The Hall–Kier alpha value is -0.480. The Balaban J connectivity index is 2.21. The number of nitrogens with zero attached hydrogens (tertiary/aromatic N) is 2. The van der Waals surface area contributed by atoms with E-state index in [4.69, 9.17) is 0 Å². The summed E-state index contributed by atoms with van der Waals surface area (Å²) >= 11 is 1.90. The van der Waals surface area contributed by atoms with Gasteiger partial charge in [0, 0.05) is 25.4 Å². The van der Waals surface area contributed by atoms with Gasteiger partial charge >= 0.3 is 0 Å². The number of hydrogen-bond acceptors (Lipinski definition) is 3. The first-order valence-electron chi connectivity index (χ1n) is 4.93. The van der Waals surface area contributed by atoms with Crippen LogP contribution in [0.2, 0.25) is 0 Å². The van der Waals surface area contributed by atoms with Crippen molar-refractivity contribution in [2.45, 2.75) is 19.9 Å². The third-order valence-electron chi connectivity index (χ3n) is 2.13. The zero-order chi connectivity index (χ0) is 10.4. The zero-order valence-corrected chi connectivity index (χ0v) is 10.0. The molecule has 0 aliphatic heterocycles. The molecule has 0 amide bonds. The Labute approximate surface area is 90.3 Å². The predicted octanol–water partition coefficient (Wildman–Crippen LogP) is 1.57. The number of aryl methyl sites for hydroxylation is 2. The molecule has 1 N–H and O–H groups in total. The van der Waals surface area contributed by atoms with Crippen molar-refractivity contribution >= 4 is 11.8 Å². The first-order chi connectivity index (χ1) is 6.74. The summed E-state index contributed by atoms with van der Waals surface area (Å²) in [6, 6.07) is 0. The molecule has 4 heteroatoms. The highest BCUT2D eigenvalue weighted by atomic mass is 32.2. The van der Waals surface area contributed by atoms with E-state index in [1.54, 1.807) is 0 Å². The Morgan fingerprint density at radius 2 is 2.36 bits per heavy atom. The fourth-order valence-corrected chi connectivity index (χ4v) is 1.82. The summed E-state index contributed by atoms with van der Waals surface area (Å²) in [7, 11) is 1.96. The van der Waals surface area contributed by atoms with E-state index in [0.717, 1.165) is 18.8 Å². The molecule has 0 aliphatic rings. The summed E-state index contributed by atoms with van der Waals surface area (Å²) < 4.78 is 1.87. The van der Waals surface area contributed by atoms with Crippen LogP contribution in [-0.4, -0.2) is 28.3 Å². The lowest BCUT2D eigenvalue weighted by Gasteiger charge is -2.02. The van der Waals surface area contributed by atoms with Gasteiger partial charge in [-0.2, -0.15) is 16.9 Å². The van der Waals surface area contributed by atoms with Crippen LogP contribution in [0.1, 0.15) is 17.7 Å². The van der Waals surface area contributed by atoms with Gasteiger partial charge in [0.25, 0.3) is 0 Å². The molecule has 0 bridgehead atoms. The highest BCUT2D eigenvalue weighted by Crippen LogP contribution is 2.03. The molecule has 0 unspecified atom stereocenters. The highest BCUT2D eigenvalue weighted by molar-refractivity contribution is 7.98. The molecule has 3 nitrogen and oxygen atoms in total. The highest BCUT2D eigenvalue weighted by Gasteiger charge is 2.01. The largest absolute Gasteiger partial charge is 0.313 e. The number of hydrogen-bond donors (Lipinski definition) is 1. The van der Waals surface area contributed by atoms with Gasteiger partial charge in [-0.15, -0.1) is 0 Å². The molecule has 0 saturated carbocycles. The standard InChI is InChI=1S/C10H19N3S/c1-9-10(8-13(2)12-9)7-11-5-4-6-14-3/h8,11H,4-7H2,1-3H3. The van der Waals surface area contributed by atoms with Crippen molar-refractivity contribution < 1.29 is 0 Å². The summed E-state index contributed by atoms with van der Waals surface area (Å²) in [6.45, 7) is 4.09. The molecule has 1 aromatic heterocycles. The molecule has 80 valence electrons. The van der Waals surface area contributed by atoms with Crippen LogP contribution in [0.4, 0.5) is 0 Å². The average molecular weight is 213 g/mol. The van der Waals surface area contributed by atoms with E-state index in [0.29, 0.717) is 0 Å². The Morgan fingerprint density at radius 1 is 1.57 bits per heavy atom. The minimum absolute atomic E-state index is 0.939. The van der Waals surface area contributed by atoms with Crippen LogP contribution < -0.4 is 5.32 Å². The second kappa shape index (κ2) is 6.09. The summed E-state index contributed by atoms with van der Waals surface area (Å²) in [4.78, 5) is 0. The average Bonchev–Trinajstić information content (AvgIpc) is 2.45. The lowest BCUT2D eigenvalue weighted by molar-refractivity contribution is 0.676. The first kappa shape index (κ1) is 11.6. The van der Waals surface area contributed by atoms with Crippen LogP contribution in [0.15, 0.2) is 6.20 Å². The summed E-state index contributed by atoms with van der Waals surface area (Å²) in [5.74, 6) is 1.24. The van der Waals surface area contributed by atoms with Crippen LogP contribution in [0.5, 0.6) is 0 Å². The maximum atomic E-state index is 4.30. The van der Waals surface area contributed by atoms with Gasteiger partial charge < -0.3 is 5.32 Å². The third kappa shape index (κ3) is 3.72. The van der Waals surface area contributed by atoms with Crippen molar-refractivity contribution in [1.82, 2.24) is 15.1 Å². The Bertz CT molecular complexity index is 270. The number of nitrogens with one attached hydrogen (secondary N) is 1. The topological polar surface area (TPSA) is 29.9 Å². The molecule has 1 aromatic rings. The maximum Gasteiger partial charge on any atom is 0.0638 e. The van der Waals surface area contributed by atoms with E-state index >= 15 is 0 Å². The van der Waals surface area contributed by atoms with Gasteiger partial charge in [0.2, 0.25) is 0 Å². The molecular weight excluding hydrogens is 194 g/mol.